The molecule has 0 amide bonds. The summed E-state index contributed by atoms with van der Waals surface area (Å²) in [6.07, 6.45) is -0.770. The summed E-state index contributed by atoms with van der Waals surface area (Å²) in [6, 6.07) is -0.501. The first kappa shape index (κ1) is 14.9. The smallest absolute Gasteiger partial charge is 0.113 e. The van der Waals surface area contributed by atoms with Gasteiger partial charge >= 0.3 is 0 Å². The zero-order valence-electron chi connectivity index (χ0n) is 10.9. The van der Waals surface area contributed by atoms with E-state index in [-0.39, 0.29) is 24.4 Å². The van der Waals surface area contributed by atoms with E-state index in [9.17, 15) is 0 Å². The Balaban J connectivity index is 2.56. The zero-order valence-corrected chi connectivity index (χ0v) is 10.9. The SMILES string of the molecule is [B][C@@H]1O[C@H](COC)C(OC)[C@@H]1O[C@@H](C)COC. The van der Waals surface area contributed by atoms with Crippen molar-refractivity contribution in [1.82, 2.24) is 0 Å². The molecule has 1 unspecified atom stereocenters. The van der Waals surface area contributed by atoms with Crippen LogP contribution >= 0.6 is 0 Å². The molecule has 0 aromatic heterocycles. The molecule has 5 nitrogen and oxygen atoms in total. The lowest BCUT2D eigenvalue weighted by molar-refractivity contribution is -0.0920. The minimum Gasteiger partial charge on any atom is -0.382 e. The average Bonchev–Trinajstić information content (AvgIpc) is 2.56. The quantitative estimate of drug-likeness (QED) is 0.588. The molecule has 0 N–H and O–H groups in total. The van der Waals surface area contributed by atoms with Gasteiger partial charge in [-0.1, -0.05) is 0 Å². The van der Waals surface area contributed by atoms with E-state index in [2.05, 4.69) is 0 Å². The van der Waals surface area contributed by atoms with Crippen LogP contribution in [0, 0.1) is 0 Å². The van der Waals surface area contributed by atoms with Crippen molar-refractivity contribution in [2.24, 2.45) is 0 Å². The molecule has 1 rings (SSSR count). The van der Waals surface area contributed by atoms with Crippen LogP contribution < -0.4 is 0 Å². The fourth-order valence-corrected chi connectivity index (χ4v) is 2.04. The van der Waals surface area contributed by atoms with Crippen LogP contribution in [0.4, 0.5) is 0 Å². The summed E-state index contributed by atoms with van der Waals surface area (Å²) in [4.78, 5) is 0. The van der Waals surface area contributed by atoms with E-state index in [0.29, 0.717) is 13.2 Å². The first-order valence-electron chi connectivity index (χ1n) is 5.71. The molecule has 0 aromatic rings. The van der Waals surface area contributed by atoms with Crippen molar-refractivity contribution in [2.75, 3.05) is 34.5 Å². The number of rotatable bonds is 7. The van der Waals surface area contributed by atoms with Gasteiger partial charge < -0.3 is 23.7 Å². The van der Waals surface area contributed by atoms with Gasteiger partial charge in [0.25, 0.3) is 0 Å². The maximum Gasteiger partial charge on any atom is 0.113 e. The molecule has 0 aromatic carbocycles. The van der Waals surface area contributed by atoms with Gasteiger partial charge in [-0.15, -0.1) is 0 Å². The van der Waals surface area contributed by atoms with Crippen LogP contribution in [-0.2, 0) is 23.7 Å². The molecule has 98 valence electrons. The van der Waals surface area contributed by atoms with E-state index in [1.165, 1.54) is 0 Å². The second kappa shape index (κ2) is 7.33. The van der Waals surface area contributed by atoms with Gasteiger partial charge in [0.2, 0.25) is 0 Å². The van der Waals surface area contributed by atoms with Gasteiger partial charge in [-0.25, -0.2) is 0 Å². The monoisotopic (exact) mass is 244 g/mol. The second-order valence-corrected chi connectivity index (χ2v) is 4.16. The van der Waals surface area contributed by atoms with E-state index in [0.717, 1.165) is 0 Å². The van der Waals surface area contributed by atoms with Gasteiger partial charge in [0.05, 0.1) is 19.3 Å². The molecular formula is C11H21BO5. The Morgan fingerprint density at radius 3 is 2.41 bits per heavy atom. The van der Waals surface area contributed by atoms with Crippen molar-refractivity contribution in [3.63, 3.8) is 0 Å². The molecule has 0 spiro atoms. The van der Waals surface area contributed by atoms with Crippen LogP contribution in [0.15, 0.2) is 0 Å². The fourth-order valence-electron chi connectivity index (χ4n) is 2.04. The Hall–Kier alpha value is -0.135. The normalized spacial score (nSPS) is 35.1. The van der Waals surface area contributed by atoms with Crippen LogP contribution in [0.25, 0.3) is 0 Å². The summed E-state index contributed by atoms with van der Waals surface area (Å²) in [5.41, 5.74) is 0. The molecule has 6 heteroatoms. The summed E-state index contributed by atoms with van der Waals surface area (Å²) < 4.78 is 26.8. The average molecular weight is 244 g/mol. The minimum atomic E-state index is -0.501. The molecule has 1 fully saturated rings. The summed E-state index contributed by atoms with van der Waals surface area (Å²) >= 11 is 0. The van der Waals surface area contributed by atoms with Crippen molar-refractivity contribution in [3.05, 3.63) is 0 Å². The fraction of sp³-hybridized carbons (Fsp3) is 1.00. The Bertz CT molecular complexity index is 216. The van der Waals surface area contributed by atoms with Gasteiger partial charge in [0.1, 0.15) is 26.2 Å². The lowest BCUT2D eigenvalue weighted by Crippen LogP contribution is -2.41. The predicted octanol–water partition coefficient (Wildman–Crippen LogP) is -0.0387. The third-order valence-corrected chi connectivity index (χ3v) is 2.74. The topological polar surface area (TPSA) is 46.2 Å². The molecule has 0 saturated carbocycles. The highest BCUT2D eigenvalue weighted by atomic mass is 16.6. The first-order chi connectivity index (χ1) is 8.13. The highest BCUT2D eigenvalue weighted by Gasteiger charge is 2.43. The largest absolute Gasteiger partial charge is 0.382 e. The maximum atomic E-state index is 5.89. The molecule has 1 heterocycles. The molecule has 2 radical (unpaired) electrons. The Morgan fingerprint density at radius 1 is 1.18 bits per heavy atom. The number of hydrogen-bond acceptors (Lipinski definition) is 5. The molecule has 5 atom stereocenters. The second-order valence-electron chi connectivity index (χ2n) is 4.16. The number of methoxy groups -OCH3 is 3. The van der Waals surface area contributed by atoms with E-state index in [1.54, 1.807) is 21.3 Å². The van der Waals surface area contributed by atoms with Crippen molar-refractivity contribution in [1.29, 1.82) is 0 Å². The third-order valence-electron chi connectivity index (χ3n) is 2.74. The number of ether oxygens (including phenoxy) is 5. The standard InChI is InChI=1S/C11H21BO5/c1-7(5-13-2)16-10-9(15-4)8(6-14-3)17-11(10)12/h7-11H,5-6H2,1-4H3/t7-,8+,9?,10-,11+/m0/s1. The molecule has 17 heavy (non-hydrogen) atoms. The van der Waals surface area contributed by atoms with Crippen molar-refractivity contribution in [3.8, 4) is 0 Å². The van der Waals surface area contributed by atoms with Crippen molar-refractivity contribution >= 4 is 7.85 Å². The lowest BCUT2D eigenvalue weighted by Gasteiger charge is -2.25. The molecule has 1 aliphatic rings. The van der Waals surface area contributed by atoms with Crippen LogP contribution in [0.3, 0.4) is 0 Å². The van der Waals surface area contributed by atoms with E-state index >= 15 is 0 Å². The Morgan fingerprint density at radius 2 is 1.88 bits per heavy atom. The van der Waals surface area contributed by atoms with Gasteiger partial charge in [-0.05, 0) is 6.92 Å². The third kappa shape index (κ3) is 3.93. The highest BCUT2D eigenvalue weighted by molar-refractivity contribution is 6.11. The zero-order chi connectivity index (χ0) is 12.8. The van der Waals surface area contributed by atoms with Gasteiger partial charge in [0, 0.05) is 27.3 Å². The first-order valence-corrected chi connectivity index (χ1v) is 5.71. The van der Waals surface area contributed by atoms with Crippen molar-refractivity contribution in [2.45, 2.75) is 37.3 Å². The van der Waals surface area contributed by atoms with Crippen LogP contribution in [0.5, 0.6) is 0 Å². The van der Waals surface area contributed by atoms with Gasteiger partial charge in [-0.3, -0.25) is 0 Å². The summed E-state index contributed by atoms with van der Waals surface area (Å²) in [5.74, 6) is 0. The Labute approximate surface area is 104 Å². The van der Waals surface area contributed by atoms with E-state index in [1.807, 2.05) is 6.92 Å². The van der Waals surface area contributed by atoms with Gasteiger partial charge in [-0.2, -0.15) is 0 Å². The van der Waals surface area contributed by atoms with Crippen LogP contribution in [0.2, 0.25) is 0 Å². The summed E-state index contributed by atoms with van der Waals surface area (Å²) in [6.45, 7) is 2.87. The number of hydrogen-bond donors (Lipinski definition) is 0. The lowest BCUT2D eigenvalue weighted by atomic mass is 9.92. The van der Waals surface area contributed by atoms with Crippen LogP contribution in [0.1, 0.15) is 6.92 Å². The van der Waals surface area contributed by atoms with E-state index < -0.39 is 6.00 Å². The van der Waals surface area contributed by atoms with E-state index in [4.69, 9.17) is 31.5 Å². The van der Waals surface area contributed by atoms with Crippen LogP contribution in [-0.4, -0.2) is 72.8 Å². The minimum absolute atomic E-state index is 0.0569. The molecule has 1 aliphatic heterocycles. The predicted molar refractivity (Wildman–Crippen MR) is 63.3 cm³/mol. The summed E-state index contributed by atoms with van der Waals surface area (Å²) in [7, 11) is 10.7. The summed E-state index contributed by atoms with van der Waals surface area (Å²) in [5, 5.41) is 0. The molecular weight excluding hydrogens is 223 g/mol. The van der Waals surface area contributed by atoms with Gasteiger partial charge in [0.15, 0.2) is 0 Å². The van der Waals surface area contributed by atoms with Crippen molar-refractivity contribution < 1.29 is 23.7 Å². The maximum absolute atomic E-state index is 5.89. The Kier molecular flexibility index (Phi) is 6.44. The molecule has 0 bridgehead atoms. The molecule has 0 aliphatic carbocycles. The highest BCUT2D eigenvalue weighted by Crippen LogP contribution is 2.25. The molecule has 1 saturated heterocycles.